The van der Waals surface area contributed by atoms with Crippen LogP contribution in [-0.4, -0.2) is 18.7 Å². The summed E-state index contributed by atoms with van der Waals surface area (Å²) in [7, 11) is 0. The second-order valence-electron chi connectivity index (χ2n) is 5.24. The maximum Gasteiger partial charge on any atom is 0.304 e. The molecule has 0 unspecified atom stereocenters. The van der Waals surface area contributed by atoms with E-state index in [4.69, 9.17) is 4.74 Å². The lowest BCUT2D eigenvalue weighted by Gasteiger charge is -2.21. The Morgan fingerprint density at radius 2 is 1.88 bits per heavy atom. The van der Waals surface area contributed by atoms with Gasteiger partial charge < -0.3 is 4.74 Å². The van der Waals surface area contributed by atoms with Gasteiger partial charge in [0.25, 0.3) is 0 Å². The standard InChI is InChI=1S/C13H19N3O/c1-13(2,3)11-9-17-12(14-11)16-15-10-7-5-4-6-8-10/h4-8,11,15H,9H2,1-3H3,(H,14,16)/t11-/m1/s1. The van der Waals surface area contributed by atoms with Gasteiger partial charge in [0.15, 0.2) is 0 Å². The number of nitrogens with one attached hydrogen (secondary N) is 2. The number of ether oxygens (including phenoxy) is 1. The first-order valence-corrected chi connectivity index (χ1v) is 5.83. The smallest absolute Gasteiger partial charge is 0.304 e. The molecule has 0 saturated heterocycles. The van der Waals surface area contributed by atoms with Crippen LogP contribution in [0.2, 0.25) is 0 Å². The third-order valence-corrected chi connectivity index (χ3v) is 2.74. The molecule has 0 saturated carbocycles. The fourth-order valence-electron chi connectivity index (χ4n) is 1.53. The first kappa shape index (κ1) is 11.8. The largest absolute Gasteiger partial charge is 0.462 e. The van der Waals surface area contributed by atoms with Crippen LogP contribution in [0.25, 0.3) is 0 Å². The lowest BCUT2D eigenvalue weighted by atomic mass is 9.88. The van der Waals surface area contributed by atoms with Gasteiger partial charge in [-0.2, -0.15) is 0 Å². The van der Waals surface area contributed by atoms with Crippen LogP contribution in [0.5, 0.6) is 0 Å². The van der Waals surface area contributed by atoms with Crippen LogP contribution in [-0.2, 0) is 4.74 Å². The van der Waals surface area contributed by atoms with E-state index < -0.39 is 0 Å². The summed E-state index contributed by atoms with van der Waals surface area (Å²) < 4.78 is 5.49. The van der Waals surface area contributed by atoms with Crippen molar-refractivity contribution < 1.29 is 4.74 Å². The Hall–Kier alpha value is -1.71. The molecule has 0 radical (unpaired) electrons. The van der Waals surface area contributed by atoms with Gasteiger partial charge in [0.2, 0.25) is 0 Å². The molecule has 92 valence electrons. The van der Waals surface area contributed by atoms with E-state index in [-0.39, 0.29) is 11.5 Å². The van der Waals surface area contributed by atoms with Crippen molar-refractivity contribution in [1.82, 2.24) is 5.43 Å². The second kappa shape index (κ2) is 4.65. The van der Waals surface area contributed by atoms with Gasteiger partial charge in [0, 0.05) is 0 Å². The summed E-state index contributed by atoms with van der Waals surface area (Å²) in [5, 5.41) is 0. The van der Waals surface area contributed by atoms with Crippen molar-refractivity contribution in [2.75, 3.05) is 12.0 Å². The first-order chi connectivity index (χ1) is 8.05. The summed E-state index contributed by atoms with van der Waals surface area (Å²) in [5.74, 6) is 0. The molecule has 0 amide bonds. The van der Waals surface area contributed by atoms with E-state index in [2.05, 4.69) is 36.6 Å². The van der Waals surface area contributed by atoms with Gasteiger partial charge in [-0.25, -0.2) is 4.99 Å². The monoisotopic (exact) mass is 233 g/mol. The number of nitrogens with zero attached hydrogens (tertiary/aromatic N) is 1. The number of amidine groups is 1. The molecule has 0 bridgehead atoms. The van der Waals surface area contributed by atoms with Crippen LogP contribution < -0.4 is 10.9 Å². The molecular weight excluding hydrogens is 214 g/mol. The average molecular weight is 233 g/mol. The maximum absolute atomic E-state index is 5.49. The number of anilines is 1. The number of hydrazine groups is 1. The Balaban J connectivity index is 1.89. The van der Waals surface area contributed by atoms with E-state index in [1.54, 1.807) is 0 Å². The lowest BCUT2D eigenvalue weighted by molar-refractivity contribution is 0.232. The van der Waals surface area contributed by atoms with Crippen molar-refractivity contribution in [1.29, 1.82) is 0 Å². The highest BCUT2D eigenvalue weighted by Crippen LogP contribution is 2.25. The molecular formula is C13H19N3O. The van der Waals surface area contributed by atoms with E-state index in [1.807, 2.05) is 30.3 Å². The SMILES string of the molecule is CC(C)(C)[C@H]1COC(NNc2ccccc2)=N1. The number of aliphatic imine (C=N–C) groups is 1. The Kier molecular flexibility index (Phi) is 3.22. The molecule has 1 aliphatic rings. The van der Waals surface area contributed by atoms with Crippen molar-refractivity contribution in [3.63, 3.8) is 0 Å². The Labute approximate surface area is 102 Å². The van der Waals surface area contributed by atoms with E-state index >= 15 is 0 Å². The number of hydrogen-bond donors (Lipinski definition) is 2. The number of para-hydroxylation sites is 1. The lowest BCUT2D eigenvalue weighted by Crippen LogP contribution is -2.29. The molecule has 1 heterocycles. The number of hydrogen-bond acceptors (Lipinski definition) is 4. The zero-order valence-corrected chi connectivity index (χ0v) is 10.5. The Morgan fingerprint density at radius 1 is 1.18 bits per heavy atom. The summed E-state index contributed by atoms with van der Waals surface area (Å²) in [5.41, 5.74) is 7.15. The van der Waals surface area contributed by atoms with Crippen LogP contribution >= 0.6 is 0 Å². The highest BCUT2D eigenvalue weighted by Gasteiger charge is 2.30. The summed E-state index contributed by atoms with van der Waals surface area (Å²) in [6, 6.07) is 10.6. The minimum absolute atomic E-state index is 0.135. The first-order valence-electron chi connectivity index (χ1n) is 5.83. The van der Waals surface area contributed by atoms with Crippen molar-refractivity contribution in [2.24, 2.45) is 10.4 Å². The second-order valence-corrected chi connectivity index (χ2v) is 5.24. The molecule has 4 heteroatoms. The molecule has 1 aliphatic heterocycles. The van der Waals surface area contributed by atoms with Gasteiger partial charge in [0.05, 0.1) is 11.7 Å². The normalized spacial score (nSPS) is 19.5. The fourth-order valence-corrected chi connectivity index (χ4v) is 1.53. The third kappa shape index (κ3) is 3.12. The quantitative estimate of drug-likeness (QED) is 0.771. The van der Waals surface area contributed by atoms with Crippen LogP contribution in [0.3, 0.4) is 0 Å². The predicted molar refractivity (Wildman–Crippen MR) is 69.8 cm³/mol. The van der Waals surface area contributed by atoms with Gasteiger partial charge >= 0.3 is 6.02 Å². The molecule has 1 aromatic carbocycles. The topological polar surface area (TPSA) is 45.6 Å². The molecule has 0 aliphatic carbocycles. The van der Waals surface area contributed by atoms with Gasteiger partial charge in [-0.3, -0.25) is 10.9 Å². The highest BCUT2D eigenvalue weighted by atomic mass is 16.5. The minimum atomic E-state index is 0.135. The van der Waals surface area contributed by atoms with Gasteiger partial charge in [-0.15, -0.1) is 0 Å². The molecule has 0 aromatic heterocycles. The molecule has 1 aromatic rings. The fraction of sp³-hybridized carbons (Fsp3) is 0.462. The summed E-state index contributed by atoms with van der Waals surface area (Å²) in [6.45, 7) is 7.14. The van der Waals surface area contributed by atoms with Crippen molar-refractivity contribution >= 4 is 11.7 Å². The van der Waals surface area contributed by atoms with E-state index in [0.717, 1.165) is 5.69 Å². The van der Waals surface area contributed by atoms with Crippen molar-refractivity contribution in [3.05, 3.63) is 30.3 Å². The zero-order valence-electron chi connectivity index (χ0n) is 10.5. The summed E-state index contributed by atoms with van der Waals surface area (Å²) in [4.78, 5) is 4.50. The third-order valence-electron chi connectivity index (χ3n) is 2.74. The van der Waals surface area contributed by atoms with Crippen LogP contribution in [0.15, 0.2) is 35.3 Å². The van der Waals surface area contributed by atoms with Crippen molar-refractivity contribution in [2.45, 2.75) is 26.8 Å². The van der Waals surface area contributed by atoms with E-state index in [9.17, 15) is 0 Å². The molecule has 0 fully saturated rings. The molecule has 2 rings (SSSR count). The zero-order chi connectivity index (χ0) is 12.3. The number of benzene rings is 1. The molecule has 2 N–H and O–H groups in total. The van der Waals surface area contributed by atoms with Gasteiger partial charge in [0.1, 0.15) is 6.61 Å². The van der Waals surface area contributed by atoms with Crippen molar-refractivity contribution in [3.8, 4) is 0 Å². The highest BCUT2D eigenvalue weighted by molar-refractivity contribution is 5.76. The minimum Gasteiger partial charge on any atom is -0.462 e. The van der Waals surface area contributed by atoms with E-state index in [0.29, 0.717) is 12.6 Å². The molecule has 0 spiro atoms. The molecule has 17 heavy (non-hydrogen) atoms. The summed E-state index contributed by atoms with van der Waals surface area (Å²) in [6.07, 6.45) is 0. The average Bonchev–Trinajstić information content (AvgIpc) is 2.76. The van der Waals surface area contributed by atoms with Gasteiger partial charge in [-0.1, -0.05) is 39.0 Å². The van der Waals surface area contributed by atoms with E-state index in [1.165, 1.54) is 0 Å². The van der Waals surface area contributed by atoms with Crippen LogP contribution in [0.1, 0.15) is 20.8 Å². The number of rotatable bonds is 2. The predicted octanol–water partition coefficient (Wildman–Crippen LogP) is 2.40. The molecule has 4 nitrogen and oxygen atoms in total. The maximum atomic E-state index is 5.49. The molecule has 1 atom stereocenters. The van der Waals surface area contributed by atoms with Gasteiger partial charge in [-0.05, 0) is 17.5 Å². The van der Waals surface area contributed by atoms with Crippen LogP contribution in [0, 0.1) is 5.41 Å². The Morgan fingerprint density at radius 3 is 2.47 bits per heavy atom. The van der Waals surface area contributed by atoms with Crippen LogP contribution in [0.4, 0.5) is 5.69 Å². The Bertz CT molecular complexity index is 395. The summed E-state index contributed by atoms with van der Waals surface area (Å²) >= 11 is 0.